The van der Waals surface area contributed by atoms with E-state index in [4.69, 9.17) is 4.74 Å². The lowest BCUT2D eigenvalue weighted by Crippen LogP contribution is -2.26. The summed E-state index contributed by atoms with van der Waals surface area (Å²) in [5, 5.41) is 0. The molecule has 86 valence electrons. The van der Waals surface area contributed by atoms with Gasteiger partial charge in [-0.05, 0) is 32.6 Å². The van der Waals surface area contributed by atoms with E-state index in [1.165, 1.54) is 0 Å². The van der Waals surface area contributed by atoms with Gasteiger partial charge in [-0.25, -0.2) is 8.78 Å². The van der Waals surface area contributed by atoms with E-state index in [2.05, 4.69) is 0 Å². The number of hydrogen-bond acceptors (Lipinski definition) is 2. The van der Waals surface area contributed by atoms with Crippen molar-refractivity contribution >= 4 is 5.97 Å². The van der Waals surface area contributed by atoms with Crippen molar-refractivity contribution in [1.29, 1.82) is 0 Å². The summed E-state index contributed by atoms with van der Waals surface area (Å²) < 4.78 is 31.0. The summed E-state index contributed by atoms with van der Waals surface area (Å²) in [7, 11) is 0. The fourth-order valence-corrected chi connectivity index (χ4v) is 2.59. The van der Waals surface area contributed by atoms with Crippen molar-refractivity contribution in [2.45, 2.75) is 45.0 Å². The molecule has 4 heteroatoms. The topological polar surface area (TPSA) is 26.3 Å². The Balaban J connectivity index is 1.86. The highest BCUT2D eigenvalue weighted by molar-refractivity contribution is 5.72. The third-order valence-corrected chi connectivity index (χ3v) is 3.77. The lowest BCUT2D eigenvalue weighted by molar-refractivity contribution is -0.150. The normalized spacial score (nSPS) is 37.7. The molecular formula is C11H16F2O2. The lowest BCUT2D eigenvalue weighted by Gasteiger charge is -2.27. The average molecular weight is 218 g/mol. The van der Waals surface area contributed by atoms with Gasteiger partial charge in [-0.1, -0.05) is 0 Å². The standard InChI is InChI=1S/C11H16F2O2/c1-2-15-9(14)8-3-5-10(6-4-8)7-11(10,12)13/h8H,2-7H2,1H3. The fourth-order valence-electron chi connectivity index (χ4n) is 2.59. The second-order valence-electron chi connectivity index (χ2n) is 4.69. The van der Waals surface area contributed by atoms with Crippen LogP contribution in [0.5, 0.6) is 0 Å². The molecule has 0 saturated heterocycles. The number of ether oxygens (including phenoxy) is 1. The van der Waals surface area contributed by atoms with Crippen LogP contribution in [0, 0.1) is 11.3 Å². The Bertz CT molecular complexity index is 268. The van der Waals surface area contributed by atoms with Crippen LogP contribution < -0.4 is 0 Å². The summed E-state index contributed by atoms with van der Waals surface area (Å²) in [6, 6.07) is 0. The number of carbonyl (C=O) groups is 1. The van der Waals surface area contributed by atoms with Gasteiger partial charge in [0.05, 0.1) is 12.5 Å². The summed E-state index contributed by atoms with van der Waals surface area (Å²) in [6.07, 6.45) is 2.10. The van der Waals surface area contributed by atoms with Crippen LogP contribution in [0.2, 0.25) is 0 Å². The predicted molar refractivity (Wildman–Crippen MR) is 50.6 cm³/mol. The zero-order chi connectivity index (χ0) is 11.1. The van der Waals surface area contributed by atoms with Crippen molar-refractivity contribution in [3.8, 4) is 0 Å². The molecule has 0 aromatic heterocycles. The van der Waals surface area contributed by atoms with Gasteiger partial charge in [-0.3, -0.25) is 4.79 Å². The molecule has 0 atom stereocenters. The maximum absolute atomic E-state index is 13.0. The number of esters is 1. The molecule has 2 rings (SSSR count). The van der Waals surface area contributed by atoms with E-state index in [9.17, 15) is 13.6 Å². The van der Waals surface area contributed by atoms with Crippen molar-refractivity contribution < 1.29 is 18.3 Å². The van der Waals surface area contributed by atoms with Gasteiger partial charge in [0.1, 0.15) is 0 Å². The van der Waals surface area contributed by atoms with E-state index < -0.39 is 11.3 Å². The largest absolute Gasteiger partial charge is 0.466 e. The van der Waals surface area contributed by atoms with Crippen LogP contribution in [0.25, 0.3) is 0 Å². The minimum absolute atomic E-state index is 0.0234. The summed E-state index contributed by atoms with van der Waals surface area (Å²) >= 11 is 0. The van der Waals surface area contributed by atoms with Crippen LogP contribution in [0.4, 0.5) is 8.78 Å². The summed E-state index contributed by atoms with van der Waals surface area (Å²) in [5.74, 6) is -2.82. The molecule has 15 heavy (non-hydrogen) atoms. The van der Waals surface area contributed by atoms with Gasteiger partial charge < -0.3 is 4.74 Å². The SMILES string of the molecule is CCOC(=O)C1CCC2(CC1)CC2(F)F. The number of rotatable bonds is 2. The lowest BCUT2D eigenvalue weighted by atomic mass is 9.79. The van der Waals surface area contributed by atoms with Crippen molar-refractivity contribution in [1.82, 2.24) is 0 Å². The number of hydrogen-bond donors (Lipinski definition) is 0. The summed E-state index contributed by atoms with van der Waals surface area (Å²) in [6.45, 7) is 2.13. The molecule has 0 N–H and O–H groups in total. The van der Waals surface area contributed by atoms with Crippen LogP contribution in [0.1, 0.15) is 39.0 Å². The highest BCUT2D eigenvalue weighted by atomic mass is 19.3. The Kier molecular flexibility index (Phi) is 2.47. The van der Waals surface area contributed by atoms with E-state index in [1.807, 2.05) is 0 Å². The molecule has 2 saturated carbocycles. The van der Waals surface area contributed by atoms with Crippen LogP contribution in [-0.2, 0) is 9.53 Å². The third kappa shape index (κ3) is 1.74. The first-order chi connectivity index (χ1) is 7.01. The zero-order valence-electron chi connectivity index (χ0n) is 8.89. The molecule has 0 unspecified atom stereocenters. The molecule has 0 aromatic rings. The molecule has 1 spiro atoms. The Morgan fingerprint density at radius 2 is 1.93 bits per heavy atom. The van der Waals surface area contributed by atoms with E-state index in [0.29, 0.717) is 32.3 Å². The van der Waals surface area contributed by atoms with Gasteiger partial charge in [0, 0.05) is 11.8 Å². The predicted octanol–water partition coefficient (Wildman–Crippen LogP) is 2.77. The first kappa shape index (κ1) is 10.8. The molecule has 0 radical (unpaired) electrons. The van der Waals surface area contributed by atoms with Gasteiger partial charge in [-0.2, -0.15) is 0 Å². The zero-order valence-corrected chi connectivity index (χ0v) is 8.89. The van der Waals surface area contributed by atoms with Gasteiger partial charge in [0.15, 0.2) is 0 Å². The molecule has 2 nitrogen and oxygen atoms in total. The minimum Gasteiger partial charge on any atom is -0.466 e. The van der Waals surface area contributed by atoms with E-state index in [0.717, 1.165) is 0 Å². The van der Waals surface area contributed by atoms with Gasteiger partial charge in [0.25, 0.3) is 5.92 Å². The quantitative estimate of drug-likeness (QED) is 0.666. The Morgan fingerprint density at radius 1 is 1.40 bits per heavy atom. The Labute approximate surface area is 88.0 Å². The number of halogens is 2. The first-order valence-electron chi connectivity index (χ1n) is 5.55. The van der Waals surface area contributed by atoms with Crippen LogP contribution in [0.3, 0.4) is 0 Å². The van der Waals surface area contributed by atoms with E-state index in [-0.39, 0.29) is 18.3 Å². The summed E-state index contributed by atoms with van der Waals surface area (Å²) in [4.78, 5) is 11.4. The number of alkyl halides is 2. The van der Waals surface area contributed by atoms with Crippen molar-refractivity contribution in [3.05, 3.63) is 0 Å². The fraction of sp³-hybridized carbons (Fsp3) is 0.909. The molecule has 0 bridgehead atoms. The van der Waals surface area contributed by atoms with Gasteiger partial charge in [-0.15, -0.1) is 0 Å². The molecule has 0 aliphatic heterocycles. The second-order valence-corrected chi connectivity index (χ2v) is 4.69. The maximum Gasteiger partial charge on any atom is 0.308 e. The molecule has 0 aromatic carbocycles. The third-order valence-electron chi connectivity index (χ3n) is 3.77. The number of carbonyl (C=O) groups excluding carboxylic acids is 1. The highest BCUT2D eigenvalue weighted by Crippen LogP contribution is 2.67. The summed E-state index contributed by atoms with van der Waals surface area (Å²) in [5.41, 5.74) is -0.754. The molecule has 0 amide bonds. The van der Waals surface area contributed by atoms with E-state index in [1.54, 1.807) is 6.92 Å². The molecular weight excluding hydrogens is 202 g/mol. The smallest absolute Gasteiger partial charge is 0.308 e. The highest BCUT2D eigenvalue weighted by Gasteiger charge is 2.70. The van der Waals surface area contributed by atoms with Crippen LogP contribution >= 0.6 is 0 Å². The molecule has 2 fully saturated rings. The Hall–Kier alpha value is -0.670. The molecule has 0 heterocycles. The molecule has 2 aliphatic rings. The van der Waals surface area contributed by atoms with Crippen molar-refractivity contribution in [2.75, 3.05) is 6.61 Å². The van der Waals surface area contributed by atoms with Crippen LogP contribution in [-0.4, -0.2) is 18.5 Å². The minimum atomic E-state index is -2.47. The van der Waals surface area contributed by atoms with Crippen molar-refractivity contribution in [3.63, 3.8) is 0 Å². The van der Waals surface area contributed by atoms with Crippen molar-refractivity contribution in [2.24, 2.45) is 11.3 Å². The van der Waals surface area contributed by atoms with Gasteiger partial charge >= 0.3 is 5.97 Å². The van der Waals surface area contributed by atoms with Crippen LogP contribution in [0.15, 0.2) is 0 Å². The average Bonchev–Trinajstić information content (AvgIpc) is 2.69. The van der Waals surface area contributed by atoms with Gasteiger partial charge in [0.2, 0.25) is 0 Å². The molecule has 2 aliphatic carbocycles. The monoisotopic (exact) mass is 218 g/mol. The first-order valence-corrected chi connectivity index (χ1v) is 5.55. The maximum atomic E-state index is 13.0. The van der Waals surface area contributed by atoms with E-state index >= 15 is 0 Å². The second kappa shape index (κ2) is 3.42. The Morgan fingerprint density at radius 3 is 2.33 bits per heavy atom.